The molecule has 0 saturated heterocycles. The summed E-state index contributed by atoms with van der Waals surface area (Å²) in [4.78, 5) is 5.31. The van der Waals surface area contributed by atoms with E-state index in [9.17, 15) is 0 Å². The lowest BCUT2D eigenvalue weighted by Crippen LogP contribution is -2.21. The molecule has 4 heteroatoms. The van der Waals surface area contributed by atoms with Crippen LogP contribution in [0.3, 0.4) is 0 Å². The van der Waals surface area contributed by atoms with Crippen LogP contribution in [0, 0.1) is 0 Å². The molecular formula is C8H15N3S. The van der Waals surface area contributed by atoms with E-state index in [4.69, 9.17) is 5.73 Å². The molecule has 0 radical (unpaired) electrons. The van der Waals surface area contributed by atoms with Gasteiger partial charge in [0.15, 0.2) is 0 Å². The molecule has 68 valence electrons. The van der Waals surface area contributed by atoms with Crippen molar-refractivity contribution < 1.29 is 0 Å². The molecule has 0 aliphatic heterocycles. The summed E-state index contributed by atoms with van der Waals surface area (Å²) in [6, 6.07) is 0.407. The zero-order valence-electron chi connectivity index (χ0n) is 7.29. The van der Waals surface area contributed by atoms with Crippen molar-refractivity contribution in [3.63, 3.8) is 0 Å². The smallest absolute Gasteiger partial charge is 0.0794 e. The molecule has 12 heavy (non-hydrogen) atoms. The monoisotopic (exact) mass is 185 g/mol. The number of nitrogens with two attached hydrogens (primary N) is 1. The molecule has 3 nitrogen and oxygen atoms in total. The molecule has 0 aliphatic carbocycles. The van der Waals surface area contributed by atoms with E-state index in [-0.39, 0.29) is 0 Å². The Labute approximate surface area is 77.0 Å². The zero-order chi connectivity index (χ0) is 8.81. The lowest BCUT2D eigenvalue weighted by atomic mass is 10.3. The summed E-state index contributed by atoms with van der Waals surface area (Å²) < 4.78 is 0. The lowest BCUT2D eigenvalue weighted by molar-refractivity contribution is 0.568. The van der Waals surface area contributed by atoms with Crippen molar-refractivity contribution in [2.45, 2.75) is 19.4 Å². The molecule has 1 heterocycles. The molecule has 1 rings (SSSR count). The second-order valence-corrected chi connectivity index (χ2v) is 3.64. The molecule has 0 spiro atoms. The largest absolute Gasteiger partial charge is 0.330 e. The van der Waals surface area contributed by atoms with E-state index in [0.717, 1.165) is 19.5 Å². The van der Waals surface area contributed by atoms with Gasteiger partial charge in [0, 0.05) is 17.1 Å². The first kappa shape index (κ1) is 9.64. The average molecular weight is 185 g/mol. The zero-order valence-corrected chi connectivity index (χ0v) is 8.10. The van der Waals surface area contributed by atoms with Crippen LogP contribution in [0.5, 0.6) is 0 Å². The summed E-state index contributed by atoms with van der Waals surface area (Å²) in [6.07, 6.45) is 2.94. The summed E-state index contributed by atoms with van der Waals surface area (Å²) in [5.74, 6) is 0. The number of rotatable bonds is 5. The van der Waals surface area contributed by atoms with Gasteiger partial charge in [-0.15, -0.1) is 11.3 Å². The van der Waals surface area contributed by atoms with Crippen LogP contribution in [-0.2, 0) is 0 Å². The highest BCUT2D eigenvalue weighted by Gasteiger charge is 2.04. The van der Waals surface area contributed by atoms with Gasteiger partial charge in [-0.25, -0.2) is 0 Å². The minimum Gasteiger partial charge on any atom is -0.330 e. The number of hydrogen-bond donors (Lipinski definition) is 2. The summed E-state index contributed by atoms with van der Waals surface area (Å²) in [5.41, 5.74) is 7.24. The van der Waals surface area contributed by atoms with E-state index in [0.29, 0.717) is 6.04 Å². The molecule has 1 unspecified atom stereocenters. The molecule has 1 atom stereocenters. The molecule has 1 aromatic heterocycles. The molecule has 0 bridgehead atoms. The summed E-state index contributed by atoms with van der Waals surface area (Å²) in [6.45, 7) is 3.88. The topological polar surface area (TPSA) is 50.9 Å². The third-order valence-electron chi connectivity index (χ3n) is 1.71. The van der Waals surface area contributed by atoms with Gasteiger partial charge in [-0.05, 0) is 26.4 Å². The van der Waals surface area contributed by atoms with E-state index >= 15 is 0 Å². The number of thiazole rings is 1. The van der Waals surface area contributed by atoms with Crippen molar-refractivity contribution in [3.05, 3.63) is 16.6 Å². The first-order chi connectivity index (χ1) is 5.84. The second kappa shape index (κ2) is 5.24. The molecule has 0 fully saturated rings. The normalized spacial score (nSPS) is 13.2. The van der Waals surface area contributed by atoms with Crippen LogP contribution in [-0.4, -0.2) is 18.1 Å². The van der Waals surface area contributed by atoms with E-state index in [1.807, 2.05) is 11.7 Å². The summed E-state index contributed by atoms with van der Waals surface area (Å²) in [5, 5.41) is 3.38. The average Bonchev–Trinajstić information content (AvgIpc) is 2.56. The van der Waals surface area contributed by atoms with Crippen molar-refractivity contribution in [2.75, 3.05) is 13.1 Å². The van der Waals surface area contributed by atoms with Crippen LogP contribution >= 0.6 is 11.3 Å². The summed E-state index contributed by atoms with van der Waals surface area (Å²) in [7, 11) is 0. The van der Waals surface area contributed by atoms with E-state index in [1.165, 1.54) is 4.88 Å². The Morgan fingerprint density at radius 2 is 2.58 bits per heavy atom. The van der Waals surface area contributed by atoms with Gasteiger partial charge in [-0.1, -0.05) is 0 Å². The van der Waals surface area contributed by atoms with Crippen LogP contribution in [0.25, 0.3) is 0 Å². The van der Waals surface area contributed by atoms with Crippen LogP contribution in [0.1, 0.15) is 24.3 Å². The van der Waals surface area contributed by atoms with Gasteiger partial charge in [0.25, 0.3) is 0 Å². The third-order valence-corrected chi connectivity index (χ3v) is 2.67. The Balaban J connectivity index is 2.25. The van der Waals surface area contributed by atoms with Crippen molar-refractivity contribution in [1.82, 2.24) is 10.3 Å². The second-order valence-electron chi connectivity index (χ2n) is 2.72. The highest BCUT2D eigenvalue weighted by Crippen LogP contribution is 2.15. The van der Waals surface area contributed by atoms with Gasteiger partial charge in [0.1, 0.15) is 0 Å². The number of nitrogens with one attached hydrogen (secondary N) is 1. The SMILES string of the molecule is CC(NCCCN)c1cncs1. The molecule has 0 saturated carbocycles. The Morgan fingerprint density at radius 1 is 1.75 bits per heavy atom. The number of nitrogens with zero attached hydrogens (tertiary/aromatic N) is 1. The van der Waals surface area contributed by atoms with E-state index in [2.05, 4.69) is 17.2 Å². The fourth-order valence-corrected chi connectivity index (χ4v) is 1.61. The van der Waals surface area contributed by atoms with Crippen molar-refractivity contribution in [2.24, 2.45) is 5.73 Å². The predicted octanol–water partition coefficient (Wildman–Crippen LogP) is 1.14. The van der Waals surface area contributed by atoms with Gasteiger partial charge >= 0.3 is 0 Å². The molecule has 0 aromatic carbocycles. The summed E-state index contributed by atoms with van der Waals surface area (Å²) >= 11 is 1.68. The maximum absolute atomic E-state index is 5.38. The minimum absolute atomic E-state index is 0.407. The quantitative estimate of drug-likeness (QED) is 0.676. The number of aromatic nitrogens is 1. The highest BCUT2D eigenvalue weighted by molar-refractivity contribution is 7.09. The standard InChI is InChI=1S/C8H15N3S/c1-7(11-4-2-3-9)8-5-10-6-12-8/h5-7,11H,2-4,9H2,1H3. The molecular weight excluding hydrogens is 170 g/mol. The first-order valence-corrected chi connectivity index (χ1v) is 5.04. The highest BCUT2D eigenvalue weighted by atomic mass is 32.1. The maximum Gasteiger partial charge on any atom is 0.0794 e. The van der Waals surface area contributed by atoms with Gasteiger partial charge in [0.2, 0.25) is 0 Å². The minimum atomic E-state index is 0.407. The van der Waals surface area contributed by atoms with Crippen LogP contribution < -0.4 is 11.1 Å². The first-order valence-electron chi connectivity index (χ1n) is 4.16. The molecule has 3 N–H and O–H groups in total. The fourth-order valence-electron chi connectivity index (χ4n) is 0.961. The maximum atomic E-state index is 5.38. The Kier molecular flexibility index (Phi) is 4.21. The number of hydrogen-bond acceptors (Lipinski definition) is 4. The molecule has 0 amide bonds. The van der Waals surface area contributed by atoms with Crippen LogP contribution in [0.2, 0.25) is 0 Å². The van der Waals surface area contributed by atoms with Crippen molar-refractivity contribution in [3.8, 4) is 0 Å². The van der Waals surface area contributed by atoms with Gasteiger partial charge in [0.05, 0.1) is 5.51 Å². The van der Waals surface area contributed by atoms with E-state index < -0.39 is 0 Å². The van der Waals surface area contributed by atoms with Crippen molar-refractivity contribution >= 4 is 11.3 Å². The van der Waals surface area contributed by atoms with E-state index in [1.54, 1.807) is 11.3 Å². The Bertz CT molecular complexity index is 198. The Morgan fingerprint density at radius 3 is 3.17 bits per heavy atom. The van der Waals surface area contributed by atoms with Crippen LogP contribution in [0.4, 0.5) is 0 Å². The van der Waals surface area contributed by atoms with Gasteiger partial charge in [-0.2, -0.15) is 0 Å². The predicted molar refractivity (Wildman–Crippen MR) is 52.2 cm³/mol. The molecule has 0 aliphatic rings. The van der Waals surface area contributed by atoms with Crippen molar-refractivity contribution in [1.29, 1.82) is 0 Å². The van der Waals surface area contributed by atoms with Gasteiger partial charge in [-0.3, -0.25) is 4.98 Å². The fraction of sp³-hybridized carbons (Fsp3) is 0.625. The third kappa shape index (κ3) is 2.89. The molecule has 1 aromatic rings. The lowest BCUT2D eigenvalue weighted by Gasteiger charge is -2.10. The van der Waals surface area contributed by atoms with Gasteiger partial charge < -0.3 is 11.1 Å². The van der Waals surface area contributed by atoms with Crippen LogP contribution in [0.15, 0.2) is 11.7 Å². The Hall–Kier alpha value is -0.450.